The molecule has 0 bridgehead atoms. The molecular formula is C7H6ClNa. The Morgan fingerprint density at radius 3 is 2.56 bits per heavy atom. The number of benzene rings is 1. The van der Waals surface area contributed by atoms with Gasteiger partial charge in [-0.25, -0.2) is 0 Å². The molecule has 0 amide bonds. The second-order valence-corrected chi connectivity index (χ2v) is 3.74. The summed E-state index contributed by atoms with van der Waals surface area (Å²) in [4.78, 5) is 0. The molecule has 0 unspecified atom stereocenters. The minimum absolute atomic E-state index is 0.918. The molecule has 0 fully saturated rings. The van der Waals surface area contributed by atoms with Gasteiger partial charge < -0.3 is 0 Å². The molecule has 1 rings (SSSR count). The Balaban J connectivity index is 3.17. The van der Waals surface area contributed by atoms with Crippen molar-refractivity contribution in [3.05, 3.63) is 28.8 Å². The van der Waals surface area contributed by atoms with Crippen molar-refractivity contribution in [1.29, 1.82) is 0 Å². The fourth-order valence-corrected chi connectivity index (χ4v) is 1.24. The zero-order valence-electron chi connectivity index (χ0n) is 5.61. The van der Waals surface area contributed by atoms with Crippen LogP contribution in [0.25, 0.3) is 0 Å². The normalized spacial score (nSPS) is 9.78. The molecule has 0 saturated heterocycles. The summed E-state index contributed by atoms with van der Waals surface area (Å²) in [6, 6.07) is 6.18. The monoisotopic (exact) mass is 148 g/mol. The molecule has 0 saturated carbocycles. The summed E-state index contributed by atoms with van der Waals surface area (Å²) >= 11 is 6.89. The first kappa shape index (κ1) is 7.62. The summed E-state index contributed by atoms with van der Waals surface area (Å²) in [5.74, 6) is 0. The fraction of sp³-hybridized carbons (Fsp3) is 0.143. The van der Waals surface area contributed by atoms with Gasteiger partial charge in [0.05, 0.1) is 0 Å². The molecule has 2 heteroatoms. The van der Waals surface area contributed by atoms with Gasteiger partial charge in [0.15, 0.2) is 0 Å². The van der Waals surface area contributed by atoms with Gasteiger partial charge in [0, 0.05) is 0 Å². The van der Waals surface area contributed by atoms with Gasteiger partial charge >= 0.3 is 78.1 Å². The van der Waals surface area contributed by atoms with Crippen molar-refractivity contribution in [2.45, 2.75) is 6.92 Å². The third-order valence-corrected chi connectivity index (χ3v) is 2.92. The topological polar surface area (TPSA) is 0 Å². The van der Waals surface area contributed by atoms with Crippen LogP contribution in [0.1, 0.15) is 5.56 Å². The zero-order chi connectivity index (χ0) is 6.85. The Morgan fingerprint density at radius 1 is 1.44 bits per heavy atom. The molecule has 0 nitrogen and oxygen atoms in total. The predicted molar refractivity (Wildman–Crippen MR) is 41.6 cm³/mol. The molecule has 0 atom stereocenters. The second-order valence-electron chi connectivity index (χ2n) is 2.25. The van der Waals surface area contributed by atoms with E-state index in [2.05, 4.69) is 12.1 Å². The van der Waals surface area contributed by atoms with Gasteiger partial charge in [0.2, 0.25) is 0 Å². The summed E-state index contributed by atoms with van der Waals surface area (Å²) in [6.45, 7) is 2.05. The van der Waals surface area contributed by atoms with E-state index in [0.717, 1.165) is 33.0 Å². The van der Waals surface area contributed by atoms with Gasteiger partial charge in [0.25, 0.3) is 0 Å². The number of rotatable bonds is 0. The SMILES string of the molecule is Cc1cc[c]([Na])c(Cl)c1. The summed E-state index contributed by atoms with van der Waals surface area (Å²) in [7, 11) is 0. The van der Waals surface area contributed by atoms with Crippen LogP contribution in [0.15, 0.2) is 18.2 Å². The third kappa shape index (κ3) is 1.98. The zero-order valence-corrected chi connectivity index (χ0v) is 8.37. The van der Waals surface area contributed by atoms with E-state index in [1.54, 1.807) is 0 Å². The number of halogens is 1. The first-order valence-electron chi connectivity index (χ1n) is 2.93. The number of hydrogen-bond donors (Lipinski definition) is 0. The van der Waals surface area contributed by atoms with Crippen LogP contribution in [0.5, 0.6) is 0 Å². The summed E-state index contributed by atoms with van der Waals surface area (Å²) in [5.41, 5.74) is 1.24. The summed E-state index contributed by atoms with van der Waals surface area (Å²) in [5, 5.41) is 0.918. The molecule has 9 heavy (non-hydrogen) atoms. The van der Waals surface area contributed by atoms with Gasteiger partial charge in [-0.1, -0.05) is 0 Å². The van der Waals surface area contributed by atoms with E-state index in [4.69, 9.17) is 11.6 Å². The average Bonchev–Trinajstić information content (AvgIpc) is 1.80. The summed E-state index contributed by atoms with van der Waals surface area (Å²) in [6.07, 6.45) is 0. The Kier molecular flexibility index (Phi) is 2.59. The summed E-state index contributed by atoms with van der Waals surface area (Å²) < 4.78 is 1.28. The van der Waals surface area contributed by atoms with Crippen molar-refractivity contribution in [2.24, 2.45) is 0 Å². The first-order valence-corrected chi connectivity index (χ1v) is 4.30. The van der Waals surface area contributed by atoms with Gasteiger partial charge in [-0.05, 0) is 0 Å². The van der Waals surface area contributed by atoms with Crippen LogP contribution in [0.2, 0.25) is 5.02 Å². The van der Waals surface area contributed by atoms with Crippen LogP contribution in [-0.4, -0.2) is 27.9 Å². The van der Waals surface area contributed by atoms with Crippen molar-refractivity contribution in [3.63, 3.8) is 0 Å². The Bertz CT molecular complexity index is 220. The molecule has 0 spiro atoms. The Morgan fingerprint density at radius 2 is 2.11 bits per heavy atom. The maximum atomic E-state index is 5.85. The van der Waals surface area contributed by atoms with Gasteiger partial charge in [-0.2, -0.15) is 0 Å². The van der Waals surface area contributed by atoms with E-state index in [0.29, 0.717) is 0 Å². The molecule has 0 heterocycles. The van der Waals surface area contributed by atoms with E-state index >= 15 is 0 Å². The molecular weight excluding hydrogens is 143 g/mol. The molecule has 42 valence electrons. The van der Waals surface area contributed by atoms with E-state index in [1.165, 1.54) is 8.38 Å². The van der Waals surface area contributed by atoms with Crippen LogP contribution in [-0.2, 0) is 0 Å². The van der Waals surface area contributed by atoms with Gasteiger partial charge in [-0.15, -0.1) is 0 Å². The average molecular weight is 149 g/mol. The molecule has 1 aromatic carbocycles. The minimum atomic E-state index is 0.918. The van der Waals surface area contributed by atoms with Crippen LogP contribution < -0.4 is 2.81 Å². The van der Waals surface area contributed by atoms with E-state index < -0.39 is 0 Å². The van der Waals surface area contributed by atoms with Crippen molar-refractivity contribution >= 4 is 42.3 Å². The first-order chi connectivity index (χ1) is 4.20. The standard InChI is InChI=1S/C7H6Cl.Na/c1-6-3-2-4-7(8)5-6;/h2-3,5H,1H3;. The maximum absolute atomic E-state index is 5.85. The third-order valence-electron chi connectivity index (χ3n) is 1.33. The number of hydrogen-bond acceptors (Lipinski definition) is 0. The van der Waals surface area contributed by atoms with Crippen molar-refractivity contribution in [1.82, 2.24) is 0 Å². The van der Waals surface area contributed by atoms with Crippen LogP contribution in [0, 0.1) is 6.92 Å². The Labute approximate surface area is 77.6 Å². The van der Waals surface area contributed by atoms with E-state index in [-0.39, 0.29) is 0 Å². The van der Waals surface area contributed by atoms with Gasteiger partial charge in [0.1, 0.15) is 0 Å². The van der Waals surface area contributed by atoms with Gasteiger partial charge in [-0.3, -0.25) is 0 Å². The van der Waals surface area contributed by atoms with E-state index in [9.17, 15) is 0 Å². The fourth-order valence-electron chi connectivity index (χ4n) is 0.698. The van der Waals surface area contributed by atoms with Crippen LogP contribution in [0.4, 0.5) is 0 Å². The second kappa shape index (κ2) is 3.07. The van der Waals surface area contributed by atoms with Crippen LogP contribution in [0.3, 0.4) is 0 Å². The molecule has 0 aliphatic carbocycles. The van der Waals surface area contributed by atoms with Crippen molar-refractivity contribution in [2.75, 3.05) is 0 Å². The molecule has 0 radical (unpaired) electrons. The molecule has 0 aliphatic rings. The molecule has 0 N–H and O–H groups in total. The molecule has 0 aliphatic heterocycles. The quantitative estimate of drug-likeness (QED) is 0.489. The van der Waals surface area contributed by atoms with E-state index in [1.807, 2.05) is 13.0 Å². The Hall–Kier alpha value is 0.510. The predicted octanol–water partition coefficient (Wildman–Crippen LogP) is 1.44. The number of aryl methyl sites for hydroxylation is 1. The van der Waals surface area contributed by atoms with Crippen molar-refractivity contribution < 1.29 is 0 Å². The van der Waals surface area contributed by atoms with Crippen LogP contribution >= 0.6 is 11.6 Å². The van der Waals surface area contributed by atoms with Crippen molar-refractivity contribution in [3.8, 4) is 0 Å². The molecule has 1 aromatic rings. The molecule has 0 aromatic heterocycles.